The van der Waals surface area contributed by atoms with Crippen molar-refractivity contribution in [2.45, 2.75) is 18.9 Å². The topological polar surface area (TPSA) is 51.2 Å². The molecular formula is C18H19ClN2O2. The lowest BCUT2D eigenvalue weighted by atomic mass is 10.0. The third-order valence-corrected chi connectivity index (χ3v) is 4.03. The summed E-state index contributed by atoms with van der Waals surface area (Å²) in [5.74, 6) is 0.150. The van der Waals surface area contributed by atoms with Crippen molar-refractivity contribution >= 4 is 17.4 Å². The van der Waals surface area contributed by atoms with Gasteiger partial charge in [-0.15, -0.1) is 0 Å². The minimum atomic E-state index is -0.0000350. The van der Waals surface area contributed by atoms with Crippen LogP contribution in [0.5, 0.6) is 0 Å². The Morgan fingerprint density at radius 3 is 2.83 bits per heavy atom. The fraction of sp³-hybridized carbons (Fsp3) is 0.333. The smallest absolute Gasteiger partial charge is 0.141 e. The Morgan fingerprint density at radius 1 is 1.26 bits per heavy atom. The molecular weight excluding hydrogens is 312 g/mol. The van der Waals surface area contributed by atoms with Crippen LogP contribution < -0.4 is 5.32 Å². The van der Waals surface area contributed by atoms with E-state index in [4.69, 9.17) is 16.3 Å². The van der Waals surface area contributed by atoms with Gasteiger partial charge >= 0.3 is 0 Å². The summed E-state index contributed by atoms with van der Waals surface area (Å²) in [5.41, 5.74) is 2.77. The predicted octanol–water partition coefficient (Wildman–Crippen LogP) is 2.75. The van der Waals surface area contributed by atoms with Crippen molar-refractivity contribution in [1.82, 2.24) is 10.3 Å². The largest absolute Gasteiger partial charge is 0.369 e. The Kier molecular flexibility index (Phi) is 5.39. The molecule has 0 amide bonds. The summed E-state index contributed by atoms with van der Waals surface area (Å²) in [6, 6.07) is 11.3. The number of hydrogen-bond donors (Lipinski definition) is 1. The van der Waals surface area contributed by atoms with E-state index in [9.17, 15) is 4.79 Å². The van der Waals surface area contributed by atoms with Gasteiger partial charge in [0, 0.05) is 37.2 Å². The van der Waals surface area contributed by atoms with Gasteiger partial charge in [0.25, 0.3) is 0 Å². The molecule has 2 aromatic rings. The van der Waals surface area contributed by atoms with Crippen LogP contribution in [0.15, 0.2) is 42.6 Å². The van der Waals surface area contributed by atoms with Crippen LogP contribution in [-0.2, 0) is 22.4 Å². The molecule has 0 saturated carbocycles. The van der Waals surface area contributed by atoms with Gasteiger partial charge in [0.15, 0.2) is 0 Å². The lowest BCUT2D eigenvalue weighted by Crippen LogP contribution is -2.33. The van der Waals surface area contributed by atoms with Gasteiger partial charge in [-0.1, -0.05) is 29.8 Å². The van der Waals surface area contributed by atoms with E-state index < -0.39 is 0 Å². The number of pyridine rings is 1. The number of carbonyl (C=O) groups is 1. The minimum Gasteiger partial charge on any atom is -0.369 e. The van der Waals surface area contributed by atoms with Crippen LogP contribution in [0.3, 0.4) is 0 Å². The monoisotopic (exact) mass is 330 g/mol. The number of benzene rings is 1. The van der Waals surface area contributed by atoms with Crippen molar-refractivity contribution in [3.63, 3.8) is 0 Å². The number of halogens is 1. The van der Waals surface area contributed by atoms with Crippen molar-refractivity contribution in [3.05, 3.63) is 64.4 Å². The first-order chi connectivity index (χ1) is 11.2. The van der Waals surface area contributed by atoms with Crippen molar-refractivity contribution < 1.29 is 9.53 Å². The summed E-state index contributed by atoms with van der Waals surface area (Å²) in [6.45, 7) is 2.36. The normalized spacial score (nSPS) is 17.9. The summed E-state index contributed by atoms with van der Waals surface area (Å²) in [4.78, 5) is 16.6. The van der Waals surface area contributed by atoms with Crippen molar-refractivity contribution in [2.75, 3.05) is 19.7 Å². The van der Waals surface area contributed by atoms with Crippen LogP contribution in [0.2, 0.25) is 5.02 Å². The van der Waals surface area contributed by atoms with E-state index in [0.29, 0.717) is 24.5 Å². The molecule has 5 heteroatoms. The van der Waals surface area contributed by atoms with Crippen LogP contribution in [0.4, 0.5) is 0 Å². The lowest BCUT2D eigenvalue weighted by Gasteiger charge is -2.23. The second-order valence-corrected chi connectivity index (χ2v) is 6.11. The molecule has 1 unspecified atom stereocenters. The minimum absolute atomic E-state index is 0.0000350. The maximum absolute atomic E-state index is 12.2. The summed E-state index contributed by atoms with van der Waals surface area (Å²) < 4.78 is 5.67. The Bertz CT molecular complexity index is 667. The SMILES string of the molecule is O=C(Cc1ccc(C2CNCCO2)nc1)Cc1cccc(Cl)c1. The Morgan fingerprint density at radius 2 is 2.13 bits per heavy atom. The lowest BCUT2D eigenvalue weighted by molar-refractivity contribution is -0.117. The second kappa shape index (κ2) is 7.68. The van der Waals surface area contributed by atoms with Gasteiger partial charge in [-0.25, -0.2) is 0 Å². The van der Waals surface area contributed by atoms with Gasteiger partial charge < -0.3 is 10.1 Å². The average molecular weight is 331 g/mol. The number of ketones is 1. The molecule has 1 atom stereocenters. The molecule has 0 aliphatic carbocycles. The van der Waals surface area contributed by atoms with Crippen LogP contribution >= 0.6 is 11.6 Å². The van der Waals surface area contributed by atoms with Crippen LogP contribution in [-0.4, -0.2) is 30.5 Å². The quantitative estimate of drug-likeness (QED) is 0.916. The average Bonchev–Trinajstić information content (AvgIpc) is 2.56. The molecule has 1 N–H and O–H groups in total. The second-order valence-electron chi connectivity index (χ2n) is 5.68. The van der Waals surface area contributed by atoms with E-state index >= 15 is 0 Å². The molecule has 0 spiro atoms. The first-order valence-corrected chi connectivity index (χ1v) is 8.12. The molecule has 23 heavy (non-hydrogen) atoms. The zero-order chi connectivity index (χ0) is 16.1. The van der Waals surface area contributed by atoms with Crippen LogP contribution in [0.25, 0.3) is 0 Å². The summed E-state index contributed by atoms with van der Waals surface area (Å²) >= 11 is 5.94. The molecule has 1 aromatic heterocycles. The Hall–Kier alpha value is -1.75. The third kappa shape index (κ3) is 4.61. The van der Waals surface area contributed by atoms with Gasteiger partial charge in [-0.2, -0.15) is 0 Å². The molecule has 1 aliphatic heterocycles. The van der Waals surface area contributed by atoms with Gasteiger partial charge in [0.05, 0.1) is 12.3 Å². The van der Waals surface area contributed by atoms with E-state index in [1.807, 2.05) is 30.3 Å². The van der Waals surface area contributed by atoms with Crippen LogP contribution in [0.1, 0.15) is 22.9 Å². The van der Waals surface area contributed by atoms with Crippen LogP contribution in [0, 0.1) is 0 Å². The molecule has 1 fully saturated rings. The summed E-state index contributed by atoms with van der Waals surface area (Å²) in [7, 11) is 0. The number of Topliss-reactive ketones (excluding diaryl/α,β-unsaturated/α-hetero) is 1. The number of carbonyl (C=O) groups excluding carboxylic acids is 1. The number of aromatic nitrogens is 1. The first kappa shape index (κ1) is 16.1. The molecule has 1 saturated heterocycles. The number of nitrogens with zero attached hydrogens (tertiary/aromatic N) is 1. The number of hydrogen-bond acceptors (Lipinski definition) is 4. The third-order valence-electron chi connectivity index (χ3n) is 3.80. The van der Waals surface area contributed by atoms with Gasteiger partial charge in [0.2, 0.25) is 0 Å². The molecule has 3 rings (SSSR count). The highest BCUT2D eigenvalue weighted by molar-refractivity contribution is 6.30. The van der Waals surface area contributed by atoms with Crippen molar-refractivity contribution in [2.24, 2.45) is 0 Å². The highest BCUT2D eigenvalue weighted by Gasteiger charge is 2.16. The summed E-state index contributed by atoms with van der Waals surface area (Å²) in [5, 5.41) is 3.94. The highest BCUT2D eigenvalue weighted by atomic mass is 35.5. The van der Waals surface area contributed by atoms with E-state index in [-0.39, 0.29) is 11.9 Å². The van der Waals surface area contributed by atoms with Gasteiger partial charge in [-0.05, 0) is 29.3 Å². The Labute approximate surface area is 140 Å². The predicted molar refractivity (Wildman–Crippen MR) is 89.7 cm³/mol. The standard InChI is InChI=1S/C18H19ClN2O2/c19-15-3-1-2-13(8-15)9-16(22)10-14-4-5-17(21-11-14)18-12-20-6-7-23-18/h1-5,8,11,18,20H,6-7,9-10,12H2. The number of ether oxygens (including phenoxy) is 1. The number of morpholine rings is 1. The number of rotatable bonds is 5. The van der Waals surface area contributed by atoms with Crippen molar-refractivity contribution in [1.29, 1.82) is 0 Å². The van der Waals surface area contributed by atoms with Gasteiger partial charge in [-0.3, -0.25) is 9.78 Å². The fourth-order valence-electron chi connectivity index (χ4n) is 2.65. The zero-order valence-corrected chi connectivity index (χ0v) is 13.6. The molecule has 1 aromatic carbocycles. The Balaban J connectivity index is 1.58. The van der Waals surface area contributed by atoms with E-state index in [0.717, 1.165) is 29.9 Å². The molecule has 0 radical (unpaired) electrons. The molecule has 0 bridgehead atoms. The maximum atomic E-state index is 12.2. The summed E-state index contributed by atoms with van der Waals surface area (Å²) in [6.07, 6.45) is 2.53. The van der Waals surface area contributed by atoms with E-state index in [1.165, 1.54) is 0 Å². The maximum Gasteiger partial charge on any atom is 0.141 e. The molecule has 120 valence electrons. The van der Waals surface area contributed by atoms with E-state index in [2.05, 4.69) is 10.3 Å². The molecule has 1 aliphatic rings. The van der Waals surface area contributed by atoms with Gasteiger partial charge in [0.1, 0.15) is 11.9 Å². The fourth-order valence-corrected chi connectivity index (χ4v) is 2.86. The van der Waals surface area contributed by atoms with Crippen molar-refractivity contribution in [3.8, 4) is 0 Å². The number of nitrogens with one attached hydrogen (secondary N) is 1. The zero-order valence-electron chi connectivity index (χ0n) is 12.8. The first-order valence-electron chi connectivity index (χ1n) is 7.74. The molecule has 2 heterocycles. The highest BCUT2D eigenvalue weighted by Crippen LogP contribution is 2.17. The van der Waals surface area contributed by atoms with E-state index in [1.54, 1.807) is 12.3 Å². The molecule has 4 nitrogen and oxygen atoms in total.